The number of fused-ring (bicyclic) bond motifs is 3. The number of furan rings is 1. The van der Waals surface area contributed by atoms with Gasteiger partial charge in [0.2, 0.25) is 0 Å². The molecule has 3 nitrogen and oxygen atoms in total. The van der Waals surface area contributed by atoms with Crippen molar-refractivity contribution in [3.05, 3.63) is 155 Å². The molecular weight excluding hydrogens is 789 g/mol. The zero-order valence-electron chi connectivity index (χ0n) is 30.4. The molecule has 0 bridgehead atoms. The Labute approximate surface area is 311 Å². The van der Waals surface area contributed by atoms with Crippen LogP contribution in [0.5, 0.6) is 0 Å². The van der Waals surface area contributed by atoms with E-state index >= 15 is 0 Å². The van der Waals surface area contributed by atoms with Gasteiger partial charge in [-0.25, -0.2) is 0 Å². The van der Waals surface area contributed by atoms with Crippen LogP contribution >= 0.6 is 0 Å². The molecule has 4 aromatic carbocycles. The standard InChI is InChI=1S/C29H26NO.C17H20N.Ir/c1-19(2)20-10-12-24-25-16-21(11-13-27(25)31-28(24)17-20)26-18-23(14-15-30-26)29(3,4)22-8-6-5-7-9-22;1-12(2)9-16-10-17(18-11-14(16)4)15-7-5-13(3)6-8-15;/h5-10,12-19H,1-4H3;5-7,10-12H,9H2,1-4H3;/q2*-1;. The van der Waals surface area contributed by atoms with Crippen molar-refractivity contribution in [1.29, 1.82) is 0 Å². The number of nitrogens with zero attached hydrogens (tertiary/aromatic N) is 2. The quantitative estimate of drug-likeness (QED) is 0.150. The Kier molecular flexibility index (Phi) is 11.6. The van der Waals surface area contributed by atoms with Gasteiger partial charge in [-0.2, -0.15) is 0 Å². The molecule has 0 aliphatic heterocycles. The minimum atomic E-state index is -0.112. The van der Waals surface area contributed by atoms with Crippen LogP contribution in [-0.4, -0.2) is 9.97 Å². The van der Waals surface area contributed by atoms with Crippen molar-refractivity contribution >= 4 is 21.9 Å². The molecule has 0 N–H and O–H groups in total. The molecule has 4 heteroatoms. The van der Waals surface area contributed by atoms with E-state index in [1.54, 1.807) is 0 Å². The minimum Gasteiger partial charge on any atom is -0.500 e. The van der Waals surface area contributed by atoms with E-state index in [1.807, 2.05) is 24.5 Å². The third kappa shape index (κ3) is 8.15. The molecule has 7 aromatic rings. The zero-order chi connectivity index (χ0) is 34.7. The van der Waals surface area contributed by atoms with Gasteiger partial charge >= 0.3 is 0 Å². The maximum atomic E-state index is 6.12. The van der Waals surface area contributed by atoms with Gasteiger partial charge in [-0.05, 0) is 71.0 Å². The predicted octanol–water partition coefficient (Wildman–Crippen LogP) is 12.3. The van der Waals surface area contributed by atoms with Gasteiger partial charge in [-0.15, -0.1) is 59.2 Å². The van der Waals surface area contributed by atoms with Crippen molar-refractivity contribution in [3.8, 4) is 22.5 Å². The second kappa shape index (κ2) is 15.7. The van der Waals surface area contributed by atoms with Gasteiger partial charge in [0.15, 0.2) is 0 Å². The largest absolute Gasteiger partial charge is 0.500 e. The summed E-state index contributed by atoms with van der Waals surface area (Å²) in [4.78, 5) is 9.18. The van der Waals surface area contributed by atoms with Crippen LogP contribution in [0.3, 0.4) is 0 Å². The maximum Gasteiger partial charge on any atom is 0.121 e. The van der Waals surface area contributed by atoms with Crippen molar-refractivity contribution in [2.45, 2.75) is 73.1 Å². The van der Waals surface area contributed by atoms with Gasteiger partial charge < -0.3 is 14.4 Å². The van der Waals surface area contributed by atoms with Crippen LogP contribution in [0.2, 0.25) is 0 Å². The summed E-state index contributed by atoms with van der Waals surface area (Å²) in [6, 6.07) is 40.6. The SMILES string of the molecule is CC(C)c1ccc2c(c1)oc1c[c-]c(-c3cc(C(C)(C)c4ccccc4)ccn3)cc12.Cc1c[c-]c(-c2cc(CC(C)C)c(C)cn2)cc1.[Ir]. The molecular formula is C46H46IrN2O-2. The number of aromatic nitrogens is 2. The summed E-state index contributed by atoms with van der Waals surface area (Å²) in [5.41, 5.74) is 13.4. The summed E-state index contributed by atoms with van der Waals surface area (Å²) in [7, 11) is 0. The number of aryl methyl sites for hydroxylation is 2. The van der Waals surface area contributed by atoms with E-state index < -0.39 is 0 Å². The van der Waals surface area contributed by atoms with E-state index in [-0.39, 0.29) is 25.5 Å². The Morgan fingerprint density at radius 1 is 0.700 bits per heavy atom. The van der Waals surface area contributed by atoms with E-state index in [4.69, 9.17) is 4.42 Å². The predicted molar refractivity (Wildman–Crippen MR) is 205 cm³/mol. The van der Waals surface area contributed by atoms with Crippen LogP contribution in [-0.2, 0) is 31.9 Å². The third-order valence-corrected chi connectivity index (χ3v) is 9.44. The van der Waals surface area contributed by atoms with E-state index in [0.29, 0.717) is 11.8 Å². The molecule has 3 aromatic heterocycles. The third-order valence-electron chi connectivity index (χ3n) is 9.44. The van der Waals surface area contributed by atoms with Crippen molar-refractivity contribution in [1.82, 2.24) is 9.97 Å². The topological polar surface area (TPSA) is 38.9 Å². The first-order chi connectivity index (χ1) is 23.5. The number of rotatable bonds is 7. The van der Waals surface area contributed by atoms with Crippen molar-refractivity contribution in [3.63, 3.8) is 0 Å². The average molecular weight is 835 g/mol. The molecule has 50 heavy (non-hydrogen) atoms. The van der Waals surface area contributed by atoms with Gasteiger partial charge in [0.05, 0.1) is 5.58 Å². The van der Waals surface area contributed by atoms with Crippen molar-refractivity contribution in [2.75, 3.05) is 0 Å². The second-order valence-corrected chi connectivity index (χ2v) is 14.4. The Morgan fingerprint density at radius 2 is 1.44 bits per heavy atom. The van der Waals surface area contributed by atoms with Crippen LogP contribution in [0.15, 0.2) is 114 Å². The minimum absolute atomic E-state index is 0. The molecule has 0 aliphatic rings. The Bertz CT molecular complexity index is 2190. The van der Waals surface area contributed by atoms with E-state index in [2.05, 4.69) is 162 Å². The Hall–Kier alpha value is -4.37. The first-order valence-electron chi connectivity index (χ1n) is 17.3. The average Bonchev–Trinajstić information content (AvgIpc) is 3.47. The van der Waals surface area contributed by atoms with Crippen LogP contribution in [0.4, 0.5) is 0 Å². The molecule has 0 atom stereocenters. The molecule has 0 saturated carbocycles. The van der Waals surface area contributed by atoms with Crippen molar-refractivity contribution in [2.24, 2.45) is 5.92 Å². The van der Waals surface area contributed by atoms with Gasteiger partial charge in [0.25, 0.3) is 0 Å². The fourth-order valence-corrected chi connectivity index (χ4v) is 6.27. The first kappa shape index (κ1) is 36.9. The molecule has 0 fully saturated rings. The normalized spacial score (nSPS) is 11.5. The van der Waals surface area contributed by atoms with Crippen LogP contribution in [0.25, 0.3) is 44.5 Å². The molecule has 0 amide bonds. The maximum absolute atomic E-state index is 6.12. The van der Waals surface area contributed by atoms with Crippen LogP contribution < -0.4 is 0 Å². The number of pyridine rings is 2. The van der Waals surface area contributed by atoms with Crippen LogP contribution in [0, 0.1) is 31.9 Å². The second-order valence-electron chi connectivity index (χ2n) is 14.4. The molecule has 7 rings (SSSR count). The zero-order valence-corrected chi connectivity index (χ0v) is 32.8. The molecule has 0 spiro atoms. The van der Waals surface area contributed by atoms with Crippen molar-refractivity contribution < 1.29 is 24.5 Å². The van der Waals surface area contributed by atoms with Gasteiger partial charge in [0.1, 0.15) is 5.58 Å². The molecule has 0 unspecified atom stereocenters. The number of benzene rings is 4. The molecule has 0 aliphatic carbocycles. The summed E-state index contributed by atoms with van der Waals surface area (Å²) in [5, 5.41) is 2.24. The smallest absolute Gasteiger partial charge is 0.121 e. The number of hydrogen-bond donors (Lipinski definition) is 0. The molecule has 3 heterocycles. The van der Waals surface area contributed by atoms with Gasteiger partial charge in [-0.3, -0.25) is 0 Å². The number of hydrogen-bond acceptors (Lipinski definition) is 3. The Balaban J connectivity index is 0.000000219. The summed E-state index contributed by atoms with van der Waals surface area (Å²) < 4.78 is 6.12. The van der Waals surface area contributed by atoms with Crippen LogP contribution in [0.1, 0.15) is 80.8 Å². The van der Waals surface area contributed by atoms with E-state index in [1.165, 1.54) is 33.4 Å². The van der Waals surface area contributed by atoms with Gasteiger partial charge in [-0.1, -0.05) is 114 Å². The fourth-order valence-electron chi connectivity index (χ4n) is 6.27. The Morgan fingerprint density at radius 3 is 2.14 bits per heavy atom. The molecule has 1 radical (unpaired) electrons. The van der Waals surface area contributed by atoms with E-state index in [9.17, 15) is 0 Å². The summed E-state index contributed by atoms with van der Waals surface area (Å²) in [6.45, 7) is 17.6. The summed E-state index contributed by atoms with van der Waals surface area (Å²) in [5.74, 6) is 1.14. The molecule has 0 saturated heterocycles. The van der Waals surface area contributed by atoms with E-state index in [0.717, 1.165) is 50.9 Å². The monoisotopic (exact) mass is 835 g/mol. The molecule has 257 valence electrons. The summed E-state index contributed by atoms with van der Waals surface area (Å²) >= 11 is 0. The first-order valence-corrected chi connectivity index (χ1v) is 17.3. The van der Waals surface area contributed by atoms with Gasteiger partial charge in [0, 0.05) is 43.3 Å². The summed E-state index contributed by atoms with van der Waals surface area (Å²) in [6.07, 6.45) is 4.98. The fraction of sp³-hybridized carbons (Fsp3) is 0.261.